The number of hydrogen-bond acceptors (Lipinski definition) is 4. The van der Waals surface area contributed by atoms with Crippen molar-refractivity contribution in [3.05, 3.63) is 22.5 Å². The van der Waals surface area contributed by atoms with Gasteiger partial charge in [-0.1, -0.05) is 32.6 Å². The second-order valence-corrected chi connectivity index (χ2v) is 5.02. The highest BCUT2D eigenvalue weighted by atomic mass is 16.1. The molecule has 2 N–H and O–H groups in total. The molecule has 0 aromatic carbocycles. The lowest BCUT2D eigenvalue weighted by Gasteiger charge is -1.96. The summed E-state index contributed by atoms with van der Waals surface area (Å²) in [6, 6.07) is 0. The van der Waals surface area contributed by atoms with Crippen LogP contribution in [0.15, 0.2) is 11.0 Å². The lowest BCUT2D eigenvalue weighted by atomic mass is 10.1. The molecule has 106 valence electrons. The largest absolute Gasteiger partial charge is 0.349 e. The van der Waals surface area contributed by atoms with Crippen molar-refractivity contribution >= 4 is 16.7 Å². The zero-order chi connectivity index (χ0) is 13.9. The van der Waals surface area contributed by atoms with Gasteiger partial charge in [0.05, 0.1) is 11.6 Å². The van der Waals surface area contributed by atoms with Crippen molar-refractivity contribution in [1.82, 2.24) is 29.8 Å². The predicted molar refractivity (Wildman–Crippen MR) is 75.7 cm³/mol. The first-order chi connectivity index (χ1) is 9.79. The van der Waals surface area contributed by atoms with Crippen LogP contribution in [0.4, 0.5) is 0 Å². The smallest absolute Gasteiger partial charge is 0.290 e. The average Bonchev–Trinajstić information content (AvgIpc) is 3.04. The second-order valence-electron chi connectivity index (χ2n) is 5.02. The maximum Gasteiger partial charge on any atom is 0.349 e. The highest BCUT2D eigenvalue weighted by Gasteiger charge is 2.11. The minimum atomic E-state index is -0.290. The van der Waals surface area contributed by atoms with E-state index in [4.69, 9.17) is 0 Å². The van der Waals surface area contributed by atoms with Gasteiger partial charge in [-0.25, -0.2) is 9.78 Å². The summed E-state index contributed by atoms with van der Waals surface area (Å²) in [5.41, 5.74) is 0.868. The first kappa shape index (κ1) is 12.8. The van der Waals surface area contributed by atoms with Crippen LogP contribution >= 0.6 is 0 Å². The Morgan fingerprint density at radius 2 is 2.10 bits per heavy atom. The molecule has 0 aliphatic rings. The summed E-state index contributed by atoms with van der Waals surface area (Å²) in [5.74, 6) is 0.723. The summed E-state index contributed by atoms with van der Waals surface area (Å²) < 4.78 is 1.32. The minimum absolute atomic E-state index is 0.290. The van der Waals surface area contributed by atoms with Crippen LogP contribution in [0, 0.1) is 0 Å². The molecule has 3 rings (SSSR count). The number of aromatic amines is 2. The molecule has 0 radical (unpaired) electrons. The Bertz CT molecular complexity index is 768. The van der Waals surface area contributed by atoms with Crippen molar-refractivity contribution in [2.24, 2.45) is 0 Å². The van der Waals surface area contributed by atoms with E-state index in [0.29, 0.717) is 11.3 Å². The van der Waals surface area contributed by atoms with E-state index < -0.39 is 0 Å². The molecular formula is C13H18N6O. The van der Waals surface area contributed by atoms with Gasteiger partial charge in [0, 0.05) is 6.42 Å². The van der Waals surface area contributed by atoms with Crippen molar-refractivity contribution in [2.75, 3.05) is 0 Å². The van der Waals surface area contributed by atoms with E-state index in [1.165, 1.54) is 30.2 Å². The fraction of sp³-hybridized carbons (Fsp3) is 0.538. The summed E-state index contributed by atoms with van der Waals surface area (Å²) in [7, 11) is 0. The van der Waals surface area contributed by atoms with Crippen LogP contribution < -0.4 is 5.69 Å². The van der Waals surface area contributed by atoms with Gasteiger partial charge in [0.25, 0.3) is 0 Å². The monoisotopic (exact) mass is 274 g/mol. The van der Waals surface area contributed by atoms with E-state index in [1.54, 1.807) is 6.20 Å². The first-order valence-electron chi connectivity index (χ1n) is 7.10. The summed E-state index contributed by atoms with van der Waals surface area (Å²) in [6.07, 6.45) is 8.46. The van der Waals surface area contributed by atoms with Crippen molar-refractivity contribution < 1.29 is 0 Å². The Kier molecular flexibility index (Phi) is 3.49. The molecule has 0 spiro atoms. The minimum Gasteiger partial charge on any atom is -0.290 e. The number of aryl methyl sites for hydroxylation is 1. The molecule has 0 saturated heterocycles. The van der Waals surface area contributed by atoms with Gasteiger partial charge in [-0.3, -0.25) is 10.1 Å². The molecule has 3 heterocycles. The van der Waals surface area contributed by atoms with E-state index in [2.05, 4.69) is 32.2 Å². The third kappa shape index (κ3) is 2.31. The van der Waals surface area contributed by atoms with E-state index in [0.717, 1.165) is 24.1 Å². The van der Waals surface area contributed by atoms with Crippen LogP contribution in [0.3, 0.4) is 0 Å². The van der Waals surface area contributed by atoms with Crippen LogP contribution in [-0.2, 0) is 6.42 Å². The average molecular weight is 274 g/mol. The summed E-state index contributed by atoms with van der Waals surface area (Å²) >= 11 is 0. The molecule has 0 amide bonds. The van der Waals surface area contributed by atoms with Crippen molar-refractivity contribution in [3.63, 3.8) is 0 Å². The highest BCUT2D eigenvalue weighted by molar-refractivity contribution is 5.87. The third-order valence-corrected chi connectivity index (χ3v) is 3.46. The fourth-order valence-corrected chi connectivity index (χ4v) is 2.37. The molecule has 20 heavy (non-hydrogen) atoms. The molecule has 3 aromatic rings. The zero-order valence-electron chi connectivity index (χ0n) is 11.5. The van der Waals surface area contributed by atoms with Crippen molar-refractivity contribution in [1.29, 1.82) is 0 Å². The van der Waals surface area contributed by atoms with Gasteiger partial charge in [0.15, 0.2) is 11.5 Å². The molecule has 0 saturated carbocycles. The van der Waals surface area contributed by atoms with Crippen LogP contribution in [0.5, 0.6) is 0 Å². The molecule has 7 nitrogen and oxygen atoms in total. The van der Waals surface area contributed by atoms with Gasteiger partial charge in [-0.15, -0.1) is 5.10 Å². The molecule has 3 aromatic heterocycles. The van der Waals surface area contributed by atoms with Crippen molar-refractivity contribution in [3.8, 4) is 0 Å². The quantitative estimate of drug-likeness (QED) is 0.670. The molecule has 7 heteroatoms. The number of H-pyrrole nitrogens is 2. The molecule has 0 aliphatic carbocycles. The van der Waals surface area contributed by atoms with Gasteiger partial charge in [0.1, 0.15) is 5.65 Å². The molecule has 0 bridgehead atoms. The standard InChI is InChI=1S/C13H18N6O/c1-2-3-4-5-6-7-10-15-12-9-8-14-17-11(9)16-13(20)19(12)18-10/h8H,2-7H2,1H3,(H2,14,16,17,20). The Balaban J connectivity index is 1.83. The number of aromatic nitrogens is 6. The predicted octanol–water partition coefficient (Wildman–Crippen LogP) is 1.81. The Labute approximate surface area is 115 Å². The number of rotatable bonds is 6. The number of fused-ring (bicyclic) bond motifs is 3. The second kappa shape index (κ2) is 5.44. The maximum atomic E-state index is 11.9. The summed E-state index contributed by atoms with van der Waals surface area (Å²) in [5, 5.41) is 11.7. The van der Waals surface area contributed by atoms with Crippen LogP contribution in [0.25, 0.3) is 16.7 Å². The van der Waals surface area contributed by atoms with E-state index in [9.17, 15) is 4.79 Å². The van der Waals surface area contributed by atoms with E-state index in [-0.39, 0.29) is 5.69 Å². The normalized spacial score (nSPS) is 11.7. The topological polar surface area (TPSA) is 91.7 Å². The zero-order valence-corrected chi connectivity index (χ0v) is 11.5. The number of nitrogens with one attached hydrogen (secondary N) is 2. The molecule has 0 fully saturated rings. The number of unbranched alkanes of at least 4 members (excludes halogenated alkanes) is 4. The maximum absolute atomic E-state index is 11.9. The van der Waals surface area contributed by atoms with Gasteiger partial charge in [0.2, 0.25) is 0 Å². The summed E-state index contributed by atoms with van der Waals surface area (Å²) in [4.78, 5) is 19.0. The van der Waals surface area contributed by atoms with Gasteiger partial charge < -0.3 is 0 Å². The van der Waals surface area contributed by atoms with Gasteiger partial charge >= 0.3 is 5.69 Å². The lowest BCUT2D eigenvalue weighted by molar-refractivity contribution is 0.621. The highest BCUT2D eigenvalue weighted by Crippen LogP contribution is 2.13. The third-order valence-electron chi connectivity index (χ3n) is 3.46. The molecule has 0 aliphatic heterocycles. The summed E-state index contributed by atoms with van der Waals surface area (Å²) in [6.45, 7) is 2.20. The van der Waals surface area contributed by atoms with Crippen LogP contribution in [-0.4, -0.2) is 29.8 Å². The number of nitrogens with zero attached hydrogens (tertiary/aromatic N) is 4. The van der Waals surface area contributed by atoms with E-state index in [1.807, 2.05) is 0 Å². The van der Waals surface area contributed by atoms with E-state index >= 15 is 0 Å². The first-order valence-corrected chi connectivity index (χ1v) is 7.10. The van der Waals surface area contributed by atoms with Crippen molar-refractivity contribution in [2.45, 2.75) is 45.4 Å². The molecule has 0 unspecified atom stereocenters. The Hall–Kier alpha value is -2.18. The lowest BCUT2D eigenvalue weighted by Crippen LogP contribution is -2.17. The Morgan fingerprint density at radius 1 is 1.25 bits per heavy atom. The fourth-order valence-electron chi connectivity index (χ4n) is 2.37. The van der Waals surface area contributed by atoms with Gasteiger partial charge in [-0.05, 0) is 6.42 Å². The number of hydrogen-bond donors (Lipinski definition) is 2. The van der Waals surface area contributed by atoms with Crippen LogP contribution in [0.2, 0.25) is 0 Å². The van der Waals surface area contributed by atoms with Crippen LogP contribution in [0.1, 0.15) is 44.9 Å². The SMILES string of the molecule is CCCCCCCc1nc2c3cn[nH]c3[nH]c(=O)n2n1. The molecule has 0 atom stereocenters. The Morgan fingerprint density at radius 3 is 2.95 bits per heavy atom. The van der Waals surface area contributed by atoms with Gasteiger partial charge in [-0.2, -0.15) is 9.61 Å². The molecular weight excluding hydrogens is 256 g/mol.